The number of hydrogen-bond donors (Lipinski definition) is 5. The van der Waals surface area contributed by atoms with E-state index in [0.29, 0.717) is 0 Å². The van der Waals surface area contributed by atoms with Crippen molar-refractivity contribution >= 4 is 16.7 Å². The van der Waals surface area contributed by atoms with Crippen molar-refractivity contribution in [3.05, 3.63) is 0 Å². The molecule has 0 radical (unpaired) electrons. The molecule has 9 nitrogen and oxygen atoms in total. The Morgan fingerprint density at radius 3 is 2.06 bits per heavy atom. The van der Waals surface area contributed by atoms with Gasteiger partial charge in [0.15, 0.2) is 6.29 Å². The summed E-state index contributed by atoms with van der Waals surface area (Å²) in [6.45, 7) is -1.01. The van der Waals surface area contributed by atoms with Gasteiger partial charge in [-0.3, -0.25) is 4.55 Å². The standard InChI is InChI=1S/C6H12O9S/c7-1-3(9)5(11)6(4(10)2-8)15-16(12,13)14/h1,3-6,8-11H,2H2,(H,12,13,14)/t3-,4-,5-,6-/m1/s1. The van der Waals surface area contributed by atoms with E-state index in [-0.39, 0.29) is 6.29 Å². The van der Waals surface area contributed by atoms with Gasteiger partial charge in [-0.05, 0) is 0 Å². The number of hydrogen-bond acceptors (Lipinski definition) is 8. The third-order valence-electron chi connectivity index (χ3n) is 1.62. The van der Waals surface area contributed by atoms with Gasteiger partial charge in [0.05, 0.1) is 6.61 Å². The molecular weight excluding hydrogens is 248 g/mol. The largest absolute Gasteiger partial charge is 0.397 e. The van der Waals surface area contributed by atoms with Gasteiger partial charge in [-0.25, -0.2) is 4.18 Å². The number of aliphatic hydroxyl groups is 4. The predicted molar refractivity (Wildman–Crippen MR) is 47.6 cm³/mol. The molecule has 0 spiro atoms. The first-order chi connectivity index (χ1) is 7.22. The van der Waals surface area contributed by atoms with Crippen molar-refractivity contribution in [3.63, 3.8) is 0 Å². The van der Waals surface area contributed by atoms with Crippen LogP contribution in [0.5, 0.6) is 0 Å². The van der Waals surface area contributed by atoms with Crippen molar-refractivity contribution in [3.8, 4) is 0 Å². The lowest BCUT2D eigenvalue weighted by molar-refractivity contribution is -0.132. The molecular formula is C6H12O9S. The molecule has 0 rings (SSSR count). The summed E-state index contributed by atoms with van der Waals surface area (Å²) >= 11 is 0. The zero-order valence-corrected chi connectivity index (χ0v) is 8.69. The number of carbonyl (C=O) groups excluding carboxylic acids is 1. The van der Waals surface area contributed by atoms with Crippen LogP contribution in [0.3, 0.4) is 0 Å². The van der Waals surface area contributed by atoms with E-state index in [1.807, 2.05) is 0 Å². The molecule has 0 aromatic rings. The summed E-state index contributed by atoms with van der Waals surface area (Å²) in [4.78, 5) is 10.1. The Morgan fingerprint density at radius 1 is 1.25 bits per heavy atom. The number of aliphatic hydroxyl groups excluding tert-OH is 4. The monoisotopic (exact) mass is 260 g/mol. The predicted octanol–water partition coefficient (Wildman–Crippen LogP) is -3.55. The molecule has 0 unspecified atom stereocenters. The zero-order valence-electron chi connectivity index (χ0n) is 7.87. The Bertz CT molecular complexity index is 312. The fraction of sp³-hybridized carbons (Fsp3) is 0.833. The average Bonchev–Trinajstić information content (AvgIpc) is 2.21. The summed E-state index contributed by atoms with van der Waals surface area (Å²) in [7, 11) is -5.02. The average molecular weight is 260 g/mol. The first-order valence-corrected chi connectivity index (χ1v) is 5.35. The van der Waals surface area contributed by atoms with E-state index in [0.717, 1.165) is 0 Å². The minimum absolute atomic E-state index is 0.130. The summed E-state index contributed by atoms with van der Waals surface area (Å²) in [5.74, 6) is 0. The van der Waals surface area contributed by atoms with Crippen molar-refractivity contribution in [2.45, 2.75) is 24.4 Å². The lowest BCUT2D eigenvalue weighted by Gasteiger charge is -2.25. The highest BCUT2D eigenvalue weighted by Crippen LogP contribution is 2.11. The van der Waals surface area contributed by atoms with Crippen LogP contribution < -0.4 is 0 Å². The van der Waals surface area contributed by atoms with E-state index in [1.165, 1.54) is 0 Å². The summed E-state index contributed by atoms with van der Waals surface area (Å²) in [5.41, 5.74) is 0. The fourth-order valence-electron chi connectivity index (χ4n) is 0.868. The topological polar surface area (TPSA) is 162 Å². The molecule has 0 amide bonds. The van der Waals surface area contributed by atoms with Crippen molar-refractivity contribution in [2.75, 3.05) is 6.61 Å². The lowest BCUT2D eigenvalue weighted by Crippen LogP contribution is -2.48. The second kappa shape index (κ2) is 6.20. The van der Waals surface area contributed by atoms with Gasteiger partial charge in [0.2, 0.25) is 0 Å². The smallest absolute Gasteiger partial charge is 0.394 e. The SMILES string of the molecule is O=C[C@@H](O)[C@@H](O)[C@H](OS(=O)(=O)O)[C@H](O)CO. The maximum absolute atomic E-state index is 10.3. The Hall–Kier alpha value is -0.620. The minimum Gasteiger partial charge on any atom is -0.394 e. The summed E-state index contributed by atoms with van der Waals surface area (Å²) in [5, 5.41) is 35.6. The maximum atomic E-state index is 10.3. The molecule has 0 heterocycles. The lowest BCUT2D eigenvalue weighted by atomic mass is 10.0. The molecule has 0 aliphatic rings. The van der Waals surface area contributed by atoms with Gasteiger partial charge < -0.3 is 25.2 Å². The second-order valence-electron chi connectivity index (χ2n) is 2.86. The van der Waals surface area contributed by atoms with E-state index < -0.39 is 41.4 Å². The Morgan fingerprint density at radius 2 is 1.75 bits per heavy atom. The molecule has 0 aromatic heterocycles. The molecule has 0 aromatic carbocycles. The molecule has 10 heteroatoms. The molecule has 0 fully saturated rings. The van der Waals surface area contributed by atoms with Crippen molar-refractivity contribution in [1.29, 1.82) is 0 Å². The quantitative estimate of drug-likeness (QED) is 0.230. The van der Waals surface area contributed by atoms with E-state index in [1.54, 1.807) is 0 Å². The van der Waals surface area contributed by atoms with E-state index in [9.17, 15) is 18.3 Å². The third-order valence-corrected chi connectivity index (χ3v) is 2.09. The first kappa shape index (κ1) is 15.4. The van der Waals surface area contributed by atoms with Crippen LogP contribution in [0.1, 0.15) is 0 Å². The van der Waals surface area contributed by atoms with Crippen LogP contribution in [0.4, 0.5) is 0 Å². The Labute approximate surface area is 90.9 Å². The van der Waals surface area contributed by atoms with Crippen molar-refractivity contribution < 1.29 is 42.4 Å². The van der Waals surface area contributed by atoms with Gasteiger partial charge in [-0.1, -0.05) is 0 Å². The van der Waals surface area contributed by atoms with E-state index in [4.69, 9.17) is 19.9 Å². The van der Waals surface area contributed by atoms with Gasteiger partial charge in [-0.15, -0.1) is 0 Å². The maximum Gasteiger partial charge on any atom is 0.397 e. The first-order valence-electron chi connectivity index (χ1n) is 3.99. The van der Waals surface area contributed by atoms with Gasteiger partial charge in [-0.2, -0.15) is 8.42 Å². The van der Waals surface area contributed by atoms with Crippen LogP contribution in [0, 0.1) is 0 Å². The molecule has 0 aliphatic carbocycles. The van der Waals surface area contributed by atoms with Crippen LogP contribution in [-0.4, -0.2) is 70.7 Å². The molecule has 0 saturated heterocycles. The fourth-order valence-corrected chi connectivity index (χ4v) is 1.39. The van der Waals surface area contributed by atoms with Crippen LogP contribution >= 0.6 is 0 Å². The molecule has 0 saturated carbocycles. The molecule has 16 heavy (non-hydrogen) atoms. The number of rotatable bonds is 7. The molecule has 0 aliphatic heterocycles. The summed E-state index contributed by atoms with van der Waals surface area (Å²) in [6, 6.07) is 0. The van der Waals surface area contributed by atoms with E-state index in [2.05, 4.69) is 4.18 Å². The van der Waals surface area contributed by atoms with Crippen LogP contribution in [0.2, 0.25) is 0 Å². The van der Waals surface area contributed by atoms with Crippen molar-refractivity contribution in [1.82, 2.24) is 0 Å². The van der Waals surface area contributed by atoms with Crippen LogP contribution in [0.15, 0.2) is 0 Å². The highest BCUT2D eigenvalue weighted by Gasteiger charge is 2.35. The third kappa shape index (κ3) is 4.94. The number of carbonyl (C=O) groups is 1. The Kier molecular flexibility index (Phi) is 5.96. The molecule has 96 valence electrons. The number of aldehydes is 1. The minimum atomic E-state index is -5.02. The van der Waals surface area contributed by atoms with Crippen LogP contribution in [0.25, 0.3) is 0 Å². The van der Waals surface area contributed by atoms with Crippen molar-refractivity contribution in [2.24, 2.45) is 0 Å². The highest BCUT2D eigenvalue weighted by molar-refractivity contribution is 7.80. The molecule has 5 N–H and O–H groups in total. The van der Waals surface area contributed by atoms with Gasteiger partial charge >= 0.3 is 10.4 Å². The second-order valence-corrected chi connectivity index (χ2v) is 3.90. The van der Waals surface area contributed by atoms with Gasteiger partial charge in [0, 0.05) is 0 Å². The highest BCUT2D eigenvalue weighted by atomic mass is 32.3. The normalized spacial score (nSPS) is 19.8. The van der Waals surface area contributed by atoms with Gasteiger partial charge in [0.1, 0.15) is 24.4 Å². The Balaban J connectivity index is 4.86. The van der Waals surface area contributed by atoms with Crippen LogP contribution in [-0.2, 0) is 19.4 Å². The van der Waals surface area contributed by atoms with E-state index >= 15 is 0 Å². The summed E-state index contributed by atoms with van der Waals surface area (Å²) in [6.07, 6.45) is -8.27. The van der Waals surface area contributed by atoms with Gasteiger partial charge in [0.25, 0.3) is 0 Å². The zero-order chi connectivity index (χ0) is 12.9. The summed E-state index contributed by atoms with van der Waals surface area (Å²) < 4.78 is 32.8. The molecule has 0 bridgehead atoms. The molecule has 4 atom stereocenters.